The molecule has 25 heavy (non-hydrogen) atoms. The van der Waals surface area contributed by atoms with E-state index in [2.05, 4.69) is 0 Å². The molecule has 0 saturated carbocycles. The zero-order chi connectivity index (χ0) is 18.4. The van der Waals surface area contributed by atoms with Gasteiger partial charge in [-0.2, -0.15) is 0 Å². The molecular weight excluding hydrogens is 345 g/mol. The highest BCUT2D eigenvalue weighted by Gasteiger charge is 2.42. The summed E-state index contributed by atoms with van der Waals surface area (Å²) in [6, 6.07) is 8.24. The Kier molecular flexibility index (Phi) is 4.37. The Hall–Kier alpha value is -2.27. The quantitative estimate of drug-likeness (QED) is 0.845. The number of carbonyl (C=O) groups is 1. The van der Waals surface area contributed by atoms with Gasteiger partial charge in [-0.15, -0.1) is 0 Å². The van der Waals surface area contributed by atoms with Crippen LogP contribution in [-0.2, 0) is 11.2 Å². The van der Waals surface area contributed by atoms with E-state index < -0.39 is 18.0 Å². The molecule has 0 aliphatic heterocycles. The van der Waals surface area contributed by atoms with E-state index >= 15 is 0 Å². The molecule has 0 saturated heterocycles. The van der Waals surface area contributed by atoms with Gasteiger partial charge in [-0.3, -0.25) is 0 Å². The minimum absolute atomic E-state index is 0.374. The van der Waals surface area contributed by atoms with Crippen molar-refractivity contribution in [2.24, 2.45) is 11.1 Å². The number of amides is 1. The fourth-order valence-electron chi connectivity index (χ4n) is 3.47. The smallest absolute Gasteiger partial charge is 0.405 e. The molecule has 0 aromatic heterocycles. The molecule has 2 N–H and O–H groups in total. The number of carbonyl (C=O) groups excluding carboxylic acids is 1. The predicted octanol–water partition coefficient (Wildman–Crippen LogP) is 4.87. The van der Waals surface area contributed by atoms with E-state index in [1.807, 2.05) is 13.8 Å². The lowest BCUT2D eigenvalue weighted by molar-refractivity contribution is 0.0391. The second-order valence-corrected chi connectivity index (χ2v) is 7.29. The van der Waals surface area contributed by atoms with Crippen LogP contribution in [0.25, 0.3) is 11.1 Å². The van der Waals surface area contributed by atoms with Gasteiger partial charge >= 0.3 is 6.09 Å². The molecule has 2 aromatic carbocycles. The third-order valence-electron chi connectivity index (χ3n) is 4.55. The van der Waals surface area contributed by atoms with Gasteiger partial charge in [-0.25, -0.2) is 9.18 Å². The normalized spacial score (nSPS) is 17.9. The third-order valence-corrected chi connectivity index (χ3v) is 4.79. The van der Waals surface area contributed by atoms with Gasteiger partial charge in [0.1, 0.15) is 17.7 Å². The largest absolute Gasteiger partial charge is 0.496 e. The molecule has 0 spiro atoms. The highest BCUT2D eigenvalue weighted by Crippen LogP contribution is 2.49. The van der Waals surface area contributed by atoms with E-state index in [9.17, 15) is 9.18 Å². The summed E-state index contributed by atoms with van der Waals surface area (Å²) in [5.74, 6) is 0.0977. The number of fused-ring (bicyclic) bond motifs is 1. The Bertz CT molecular complexity index is 851. The molecule has 0 heterocycles. The summed E-state index contributed by atoms with van der Waals surface area (Å²) in [5, 5.41) is 0.492. The van der Waals surface area contributed by atoms with Crippen LogP contribution in [0.2, 0.25) is 5.02 Å². The number of rotatable bonds is 3. The van der Waals surface area contributed by atoms with Gasteiger partial charge in [-0.05, 0) is 47.9 Å². The zero-order valence-corrected chi connectivity index (χ0v) is 15.0. The van der Waals surface area contributed by atoms with E-state index in [1.165, 1.54) is 13.2 Å². The zero-order valence-electron chi connectivity index (χ0n) is 14.2. The maximum Gasteiger partial charge on any atom is 0.405 e. The van der Waals surface area contributed by atoms with Crippen LogP contribution in [0.5, 0.6) is 5.75 Å². The van der Waals surface area contributed by atoms with Crippen molar-refractivity contribution in [3.05, 3.63) is 52.3 Å². The van der Waals surface area contributed by atoms with Gasteiger partial charge in [0.2, 0.25) is 0 Å². The van der Waals surface area contributed by atoms with Crippen LogP contribution < -0.4 is 10.5 Å². The Labute approximate surface area is 150 Å². The maximum absolute atomic E-state index is 14.9. The number of ether oxygens (including phenoxy) is 2. The lowest BCUT2D eigenvalue weighted by Crippen LogP contribution is -2.25. The number of benzene rings is 2. The number of halogens is 2. The van der Waals surface area contributed by atoms with E-state index in [4.69, 9.17) is 26.8 Å². The van der Waals surface area contributed by atoms with Crippen molar-refractivity contribution < 1.29 is 18.7 Å². The molecule has 0 bridgehead atoms. The lowest BCUT2D eigenvalue weighted by atomic mass is 9.87. The molecule has 4 nitrogen and oxygen atoms in total. The van der Waals surface area contributed by atoms with Crippen LogP contribution in [0, 0.1) is 11.2 Å². The molecule has 3 rings (SSSR count). The van der Waals surface area contributed by atoms with Gasteiger partial charge in [-0.1, -0.05) is 25.4 Å². The first-order chi connectivity index (χ1) is 11.7. The molecular formula is C19H19ClFNO3. The molecule has 1 aliphatic rings. The van der Waals surface area contributed by atoms with Crippen LogP contribution in [0.1, 0.15) is 31.1 Å². The number of primary amides is 1. The summed E-state index contributed by atoms with van der Waals surface area (Å²) in [7, 11) is 1.53. The molecule has 0 radical (unpaired) electrons. The second-order valence-electron chi connectivity index (χ2n) is 6.86. The van der Waals surface area contributed by atoms with Crippen molar-refractivity contribution in [1.29, 1.82) is 0 Å². The Morgan fingerprint density at radius 2 is 2.00 bits per heavy atom. The third kappa shape index (κ3) is 3.16. The molecule has 2 aromatic rings. The van der Waals surface area contributed by atoms with Gasteiger partial charge < -0.3 is 15.2 Å². The van der Waals surface area contributed by atoms with Crippen molar-refractivity contribution >= 4 is 17.7 Å². The number of hydrogen-bond donors (Lipinski definition) is 1. The number of methoxy groups -OCH3 is 1. The summed E-state index contributed by atoms with van der Waals surface area (Å²) in [6.07, 6.45) is -0.812. The minimum atomic E-state index is -0.869. The predicted molar refractivity (Wildman–Crippen MR) is 94.3 cm³/mol. The van der Waals surface area contributed by atoms with E-state index in [0.717, 1.165) is 5.56 Å². The number of hydrogen-bond acceptors (Lipinski definition) is 3. The van der Waals surface area contributed by atoms with Crippen molar-refractivity contribution in [1.82, 2.24) is 0 Å². The molecule has 1 unspecified atom stereocenters. The average molecular weight is 364 g/mol. The Morgan fingerprint density at radius 3 is 2.64 bits per heavy atom. The first kappa shape index (κ1) is 17.5. The van der Waals surface area contributed by atoms with Gasteiger partial charge in [0, 0.05) is 21.6 Å². The molecule has 6 heteroatoms. The Balaban J connectivity index is 2.14. The van der Waals surface area contributed by atoms with Crippen LogP contribution in [-0.4, -0.2) is 13.2 Å². The van der Waals surface area contributed by atoms with Crippen LogP contribution >= 0.6 is 11.6 Å². The van der Waals surface area contributed by atoms with Crippen molar-refractivity contribution in [3.63, 3.8) is 0 Å². The molecule has 132 valence electrons. The maximum atomic E-state index is 14.9. The fraction of sp³-hybridized carbons (Fsp3) is 0.316. The van der Waals surface area contributed by atoms with Crippen LogP contribution in [0.3, 0.4) is 0 Å². The van der Waals surface area contributed by atoms with Crippen molar-refractivity contribution in [3.8, 4) is 16.9 Å². The summed E-state index contributed by atoms with van der Waals surface area (Å²) in [6.45, 7) is 3.91. The molecule has 1 atom stereocenters. The summed E-state index contributed by atoms with van der Waals surface area (Å²) in [5.41, 5.74) is 7.33. The topological polar surface area (TPSA) is 61.6 Å². The first-order valence-corrected chi connectivity index (χ1v) is 8.23. The fourth-order valence-corrected chi connectivity index (χ4v) is 3.64. The first-order valence-electron chi connectivity index (χ1n) is 7.85. The molecule has 0 fully saturated rings. The van der Waals surface area contributed by atoms with Crippen LogP contribution in [0.15, 0.2) is 30.3 Å². The van der Waals surface area contributed by atoms with Crippen LogP contribution in [0.4, 0.5) is 9.18 Å². The summed E-state index contributed by atoms with van der Waals surface area (Å²) < 4.78 is 25.4. The summed E-state index contributed by atoms with van der Waals surface area (Å²) in [4.78, 5) is 11.2. The van der Waals surface area contributed by atoms with Gasteiger partial charge in [0.15, 0.2) is 0 Å². The van der Waals surface area contributed by atoms with Crippen molar-refractivity contribution in [2.45, 2.75) is 26.4 Å². The lowest BCUT2D eigenvalue weighted by Gasteiger charge is -2.26. The van der Waals surface area contributed by atoms with E-state index in [-0.39, 0.29) is 5.41 Å². The summed E-state index contributed by atoms with van der Waals surface area (Å²) >= 11 is 6.07. The van der Waals surface area contributed by atoms with E-state index in [0.29, 0.717) is 33.9 Å². The standard InChI is InChI=1S/C19H19ClFNO3/c1-19(2)9-10-6-13(14-7-11(20)4-5-16(14)24-3)15(21)8-12(10)17(19)25-18(22)23/h4-8,17H,9H2,1-3H3,(H2,22,23). The second kappa shape index (κ2) is 6.23. The highest BCUT2D eigenvalue weighted by molar-refractivity contribution is 6.31. The number of nitrogens with two attached hydrogens (primary N) is 1. The highest BCUT2D eigenvalue weighted by atomic mass is 35.5. The SMILES string of the molecule is COc1ccc(Cl)cc1-c1cc2c(cc1F)C(OC(N)=O)C(C)(C)C2. The monoisotopic (exact) mass is 363 g/mol. The average Bonchev–Trinajstić information content (AvgIpc) is 2.76. The van der Waals surface area contributed by atoms with Gasteiger partial charge in [0.05, 0.1) is 7.11 Å². The van der Waals surface area contributed by atoms with Crippen molar-refractivity contribution in [2.75, 3.05) is 7.11 Å². The molecule has 1 aliphatic carbocycles. The Morgan fingerprint density at radius 1 is 1.28 bits per heavy atom. The minimum Gasteiger partial charge on any atom is -0.496 e. The van der Waals surface area contributed by atoms with E-state index in [1.54, 1.807) is 24.3 Å². The van der Waals surface area contributed by atoms with Gasteiger partial charge in [0.25, 0.3) is 0 Å². The molecule has 1 amide bonds.